The number of hydrogen-bond acceptors (Lipinski definition) is 2. The largest absolute Gasteiger partial charge is 0.385 e. The summed E-state index contributed by atoms with van der Waals surface area (Å²) in [5.74, 6) is 2.95. The van der Waals surface area contributed by atoms with Gasteiger partial charge in [0.25, 0.3) is 0 Å². The van der Waals surface area contributed by atoms with Crippen LogP contribution in [-0.4, -0.2) is 26.8 Å². The van der Waals surface area contributed by atoms with E-state index in [9.17, 15) is 0 Å². The van der Waals surface area contributed by atoms with E-state index in [1.807, 2.05) is 7.11 Å². The molecule has 2 aliphatic rings. The van der Waals surface area contributed by atoms with E-state index in [1.165, 1.54) is 51.6 Å². The molecule has 2 heteroatoms. The second-order valence-corrected chi connectivity index (χ2v) is 7.14. The van der Waals surface area contributed by atoms with Crippen LogP contribution in [0.1, 0.15) is 52.4 Å². The molecule has 0 amide bonds. The van der Waals surface area contributed by atoms with Crippen molar-refractivity contribution >= 4 is 0 Å². The summed E-state index contributed by atoms with van der Waals surface area (Å²) < 4.78 is 5.17. The van der Waals surface area contributed by atoms with Gasteiger partial charge in [-0.1, -0.05) is 20.3 Å². The van der Waals surface area contributed by atoms with Crippen LogP contribution in [0.4, 0.5) is 0 Å². The molecule has 106 valence electrons. The Labute approximate surface area is 113 Å². The van der Waals surface area contributed by atoms with Gasteiger partial charge in [0.15, 0.2) is 0 Å². The Hall–Kier alpha value is -0.0800. The predicted molar refractivity (Wildman–Crippen MR) is 76.7 cm³/mol. The quantitative estimate of drug-likeness (QED) is 0.635. The average Bonchev–Trinajstić information content (AvgIpc) is 2.93. The first-order chi connectivity index (χ1) is 8.65. The minimum absolute atomic E-state index is 0.635. The highest BCUT2D eigenvalue weighted by Gasteiger charge is 2.52. The van der Waals surface area contributed by atoms with Crippen LogP contribution in [0.25, 0.3) is 0 Å². The third-order valence-electron chi connectivity index (χ3n) is 4.82. The fourth-order valence-corrected chi connectivity index (χ4v) is 3.82. The normalized spacial score (nSPS) is 34.0. The maximum Gasteiger partial charge on any atom is 0.0462 e. The van der Waals surface area contributed by atoms with Crippen molar-refractivity contribution in [1.29, 1.82) is 0 Å². The minimum atomic E-state index is 0.635. The molecule has 2 aliphatic carbocycles. The standard InChI is InChI=1S/C16H31NO/c1-13(2)11-17-12-16(6-4-5-7-18-3)9-14-8-15(14)10-16/h13-15,17H,4-12H2,1-3H3. The van der Waals surface area contributed by atoms with Gasteiger partial charge in [0.05, 0.1) is 0 Å². The molecular formula is C16H31NO. The zero-order valence-corrected chi connectivity index (χ0v) is 12.5. The number of unbranched alkanes of at least 4 members (excludes halogenated alkanes) is 1. The summed E-state index contributed by atoms with van der Waals surface area (Å²) >= 11 is 0. The minimum Gasteiger partial charge on any atom is -0.385 e. The molecule has 2 rings (SSSR count). The van der Waals surface area contributed by atoms with Crippen LogP contribution in [0.15, 0.2) is 0 Å². The Morgan fingerprint density at radius 1 is 1.22 bits per heavy atom. The molecule has 0 radical (unpaired) electrons. The predicted octanol–water partition coefficient (Wildman–Crippen LogP) is 3.47. The summed E-state index contributed by atoms with van der Waals surface area (Å²) in [4.78, 5) is 0. The molecule has 0 aromatic heterocycles. The van der Waals surface area contributed by atoms with Gasteiger partial charge in [0, 0.05) is 20.3 Å². The highest BCUT2D eigenvalue weighted by Crippen LogP contribution is 2.61. The first-order valence-corrected chi connectivity index (χ1v) is 7.85. The van der Waals surface area contributed by atoms with Crippen molar-refractivity contribution in [3.63, 3.8) is 0 Å². The van der Waals surface area contributed by atoms with E-state index in [0.717, 1.165) is 24.4 Å². The van der Waals surface area contributed by atoms with Gasteiger partial charge in [0.2, 0.25) is 0 Å². The molecule has 2 unspecified atom stereocenters. The van der Waals surface area contributed by atoms with Gasteiger partial charge < -0.3 is 10.1 Å². The molecule has 2 atom stereocenters. The van der Waals surface area contributed by atoms with E-state index < -0.39 is 0 Å². The SMILES string of the molecule is COCCCCC1(CNCC(C)C)CC2CC2C1. The zero-order chi connectivity index (χ0) is 13.0. The maximum absolute atomic E-state index is 5.17. The van der Waals surface area contributed by atoms with Crippen molar-refractivity contribution in [2.45, 2.75) is 52.4 Å². The summed E-state index contributed by atoms with van der Waals surface area (Å²) in [5, 5.41) is 3.72. The molecule has 2 saturated carbocycles. The molecule has 18 heavy (non-hydrogen) atoms. The van der Waals surface area contributed by atoms with E-state index in [2.05, 4.69) is 19.2 Å². The summed E-state index contributed by atoms with van der Waals surface area (Å²) in [6.45, 7) is 7.96. The fourth-order valence-electron chi connectivity index (χ4n) is 3.82. The van der Waals surface area contributed by atoms with Crippen LogP contribution in [-0.2, 0) is 4.74 Å². The Bertz CT molecular complexity index is 241. The highest BCUT2D eigenvalue weighted by atomic mass is 16.5. The molecule has 0 bridgehead atoms. The molecule has 1 N–H and O–H groups in total. The molecule has 0 aliphatic heterocycles. The number of hydrogen-bond donors (Lipinski definition) is 1. The van der Waals surface area contributed by atoms with Crippen molar-refractivity contribution in [3.8, 4) is 0 Å². The Morgan fingerprint density at radius 3 is 2.56 bits per heavy atom. The van der Waals surface area contributed by atoms with E-state index in [4.69, 9.17) is 4.74 Å². The van der Waals surface area contributed by atoms with Crippen LogP contribution >= 0.6 is 0 Å². The first-order valence-electron chi connectivity index (χ1n) is 7.85. The second kappa shape index (κ2) is 6.38. The third-order valence-corrected chi connectivity index (χ3v) is 4.82. The van der Waals surface area contributed by atoms with Gasteiger partial charge in [-0.2, -0.15) is 0 Å². The number of methoxy groups -OCH3 is 1. The lowest BCUT2D eigenvalue weighted by Crippen LogP contribution is -2.35. The lowest BCUT2D eigenvalue weighted by Gasteiger charge is -2.32. The van der Waals surface area contributed by atoms with Crippen molar-refractivity contribution < 1.29 is 4.74 Å². The van der Waals surface area contributed by atoms with Crippen LogP contribution in [0.2, 0.25) is 0 Å². The highest BCUT2D eigenvalue weighted by molar-refractivity contribution is 5.04. The van der Waals surface area contributed by atoms with Crippen molar-refractivity contribution in [2.75, 3.05) is 26.8 Å². The maximum atomic E-state index is 5.17. The van der Waals surface area contributed by atoms with E-state index >= 15 is 0 Å². The molecule has 0 heterocycles. The Kier molecular flexibility index (Phi) is 5.08. The lowest BCUT2D eigenvalue weighted by molar-refractivity contribution is 0.174. The van der Waals surface area contributed by atoms with Crippen LogP contribution in [0, 0.1) is 23.2 Å². The van der Waals surface area contributed by atoms with Gasteiger partial charge in [0.1, 0.15) is 0 Å². The zero-order valence-electron chi connectivity index (χ0n) is 12.5. The topological polar surface area (TPSA) is 21.3 Å². The molecular weight excluding hydrogens is 222 g/mol. The number of fused-ring (bicyclic) bond motifs is 1. The van der Waals surface area contributed by atoms with E-state index in [0.29, 0.717) is 5.41 Å². The molecule has 0 spiro atoms. The van der Waals surface area contributed by atoms with Gasteiger partial charge in [-0.05, 0) is 61.8 Å². The summed E-state index contributed by atoms with van der Waals surface area (Å²) in [6, 6.07) is 0. The third kappa shape index (κ3) is 3.96. The van der Waals surface area contributed by atoms with Crippen LogP contribution in [0.5, 0.6) is 0 Å². The van der Waals surface area contributed by atoms with Crippen LogP contribution in [0.3, 0.4) is 0 Å². The van der Waals surface area contributed by atoms with Gasteiger partial charge >= 0.3 is 0 Å². The molecule has 0 aromatic carbocycles. The van der Waals surface area contributed by atoms with Crippen molar-refractivity contribution in [2.24, 2.45) is 23.2 Å². The smallest absolute Gasteiger partial charge is 0.0462 e. The number of nitrogens with one attached hydrogen (secondary N) is 1. The second-order valence-electron chi connectivity index (χ2n) is 7.14. The van der Waals surface area contributed by atoms with Crippen molar-refractivity contribution in [3.05, 3.63) is 0 Å². The Morgan fingerprint density at radius 2 is 1.94 bits per heavy atom. The average molecular weight is 253 g/mol. The number of rotatable bonds is 9. The molecule has 0 aromatic rings. The monoisotopic (exact) mass is 253 g/mol. The lowest BCUT2D eigenvalue weighted by atomic mass is 9.78. The molecule has 2 fully saturated rings. The summed E-state index contributed by atoms with van der Waals surface area (Å²) in [6.07, 6.45) is 8.51. The van der Waals surface area contributed by atoms with Gasteiger partial charge in [-0.25, -0.2) is 0 Å². The van der Waals surface area contributed by atoms with Gasteiger partial charge in [-0.15, -0.1) is 0 Å². The van der Waals surface area contributed by atoms with E-state index in [-0.39, 0.29) is 0 Å². The summed E-state index contributed by atoms with van der Waals surface area (Å²) in [7, 11) is 1.81. The van der Waals surface area contributed by atoms with Crippen molar-refractivity contribution in [1.82, 2.24) is 5.32 Å². The van der Waals surface area contributed by atoms with Crippen LogP contribution < -0.4 is 5.32 Å². The molecule has 2 nitrogen and oxygen atoms in total. The fraction of sp³-hybridized carbons (Fsp3) is 1.00. The number of ether oxygens (including phenoxy) is 1. The van der Waals surface area contributed by atoms with Gasteiger partial charge in [-0.3, -0.25) is 0 Å². The Balaban J connectivity index is 1.73. The molecule has 0 saturated heterocycles. The first kappa shape index (κ1) is 14.3. The van der Waals surface area contributed by atoms with E-state index in [1.54, 1.807) is 0 Å². The summed E-state index contributed by atoms with van der Waals surface area (Å²) in [5.41, 5.74) is 0.635.